The van der Waals surface area contributed by atoms with Gasteiger partial charge in [0.15, 0.2) is 0 Å². The number of rotatable bonds is 7. The van der Waals surface area contributed by atoms with Gasteiger partial charge in [-0.25, -0.2) is 9.97 Å². The first-order valence-corrected chi connectivity index (χ1v) is 11.6. The number of nitrogens with zero attached hydrogens (tertiary/aromatic N) is 4. The van der Waals surface area contributed by atoms with Gasteiger partial charge >= 0.3 is 0 Å². The van der Waals surface area contributed by atoms with E-state index in [4.69, 9.17) is 9.72 Å². The van der Waals surface area contributed by atoms with Gasteiger partial charge in [0.05, 0.1) is 25.2 Å². The Morgan fingerprint density at radius 2 is 2.06 bits per heavy atom. The molecule has 0 spiro atoms. The lowest BCUT2D eigenvalue weighted by molar-refractivity contribution is -0.109. The molecular formula is C26H28N6O2. The van der Waals surface area contributed by atoms with Crippen LogP contribution in [-0.2, 0) is 4.79 Å². The number of likely N-dealkylation sites (tertiary alicyclic amines) is 1. The highest BCUT2D eigenvalue weighted by Crippen LogP contribution is 2.34. The van der Waals surface area contributed by atoms with Crippen LogP contribution >= 0.6 is 0 Å². The summed E-state index contributed by atoms with van der Waals surface area (Å²) in [5, 5.41) is 6.54. The van der Waals surface area contributed by atoms with Crippen LogP contribution in [0.5, 0.6) is 5.88 Å². The molecule has 0 amide bonds. The summed E-state index contributed by atoms with van der Waals surface area (Å²) in [5.41, 5.74) is 5.21. The summed E-state index contributed by atoms with van der Waals surface area (Å²) in [5.74, 6) is 1.60. The van der Waals surface area contributed by atoms with E-state index in [2.05, 4.69) is 56.7 Å². The fourth-order valence-electron chi connectivity index (χ4n) is 4.64. The van der Waals surface area contributed by atoms with Crippen LogP contribution < -0.4 is 15.4 Å². The van der Waals surface area contributed by atoms with Gasteiger partial charge in [-0.3, -0.25) is 4.98 Å². The minimum Gasteiger partial charge on any atom is -0.480 e. The van der Waals surface area contributed by atoms with E-state index in [1.165, 1.54) is 12.0 Å². The third-order valence-electron chi connectivity index (χ3n) is 6.52. The van der Waals surface area contributed by atoms with Crippen molar-refractivity contribution in [3.8, 4) is 17.3 Å². The van der Waals surface area contributed by atoms with Gasteiger partial charge in [0.2, 0.25) is 5.88 Å². The molecule has 2 unspecified atom stereocenters. The monoisotopic (exact) mass is 456 g/mol. The van der Waals surface area contributed by atoms with E-state index in [1.807, 2.05) is 12.1 Å². The van der Waals surface area contributed by atoms with Gasteiger partial charge in [0, 0.05) is 17.8 Å². The van der Waals surface area contributed by atoms with Gasteiger partial charge in [-0.05, 0) is 67.0 Å². The van der Waals surface area contributed by atoms with Gasteiger partial charge < -0.3 is 25.1 Å². The van der Waals surface area contributed by atoms with Crippen LogP contribution in [0.4, 0.5) is 11.5 Å². The molecular weight excluding hydrogens is 428 g/mol. The smallest absolute Gasteiger partial charge is 0.232 e. The fourth-order valence-corrected chi connectivity index (χ4v) is 4.64. The molecule has 8 heteroatoms. The second-order valence-electron chi connectivity index (χ2n) is 8.55. The number of likely N-dealkylation sites (N-methyl/N-ethyl adjacent to an activating group) is 1. The number of hydrogen-bond donors (Lipinski definition) is 2. The topological polar surface area (TPSA) is 92.3 Å². The SMILES string of the molecule is CCN1CCC(c2ccc(Nc3nc(-c4cncc(OC)n4)cc4c3C(C=O)NC=C4)cc2)C1. The van der Waals surface area contributed by atoms with E-state index in [1.54, 1.807) is 25.7 Å². The Morgan fingerprint density at radius 3 is 2.79 bits per heavy atom. The maximum atomic E-state index is 11.8. The average Bonchev–Trinajstić information content (AvgIpc) is 3.38. The number of carbonyl (C=O) groups is 1. The van der Waals surface area contributed by atoms with Crippen molar-refractivity contribution >= 4 is 23.9 Å². The van der Waals surface area contributed by atoms with Gasteiger partial charge in [-0.1, -0.05) is 19.1 Å². The quantitative estimate of drug-likeness (QED) is 0.517. The Hall–Kier alpha value is -3.78. The normalized spacial score (nSPS) is 19.4. The molecule has 2 N–H and O–H groups in total. The number of benzene rings is 1. The number of carbonyl (C=O) groups excluding carboxylic acids is 1. The van der Waals surface area contributed by atoms with Crippen LogP contribution in [0.3, 0.4) is 0 Å². The Kier molecular flexibility index (Phi) is 6.22. The first kappa shape index (κ1) is 22.0. The van der Waals surface area contributed by atoms with Crippen molar-refractivity contribution in [3.05, 3.63) is 65.6 Å². The van der Waals surface area contributed by atoms with Crippen molar-refractivity contribution in [3.63, 3.8) is 0 Å². The molecule has 1 fully saturated rings. The second-order valence-corrected chi connectivity index (χ2v) is 8.55. The molecule has 2 atom stereocenters. The summed E-state index contributed by atoms with van der Waals surface area (Å²) in [7, 11) is 1.55. The number of ether oxygens (including phenoxy) is 1. The van der Waals surface area contributed by atoms with Crippen LogP contribution in [0.1, 0.15) is 42.0 Å². The highest BCUT2D eigenvalue weighted by Gasteiger charge is 2.24. The average molecular weight is 457 g/mol. The summed E-state index contributed by atoms with van der Waals surface area (Å²) in [4.78, 5) is 27.8. The van der Waals surface area contributed by atoms with E-state index in [0.717, 1.165) is 42.7 Å². The lowest BCUT2D eigenvalue weighted by Crippen LogP contribution is -2.23. The Bertz CT molecular complexity index is 1210. The van der Waals surface area contributed by atoms with E-state index < -0.39 is 6.04 Å². The molecule has 2 aliphatic heterocycles. The summed E-state index contributed by atoms with van der Waals surface area (Å²) in [6.45, 7) is 5.58. The maximum absolute atomic E-state index is 11.8. The van der Waals surface area contributed by atoms with Gasteiger partial charge in [-0.2, -0.15) is 0 Å². The molecule has 8 nitrogen and oxygen atoms in total. The molecule has 0 saturated carbocycles. The van der Waals surface area contributed by atoms with Crippen molar-refractivity contribution in [2.75, 3.05) is 32.1 Å². The molecule has 0 bridgehead atoms. The number of anilines is 2. The zero-order chi connectivity index (χ0) is 23.5. The van der Waals surface area contributed by atoms with Gasteiger partial charge in [0.1, 0.15) is 23.8 Å². The number of hydrogen-bond acceptors (Lipinski definition) is 8. The number of aromatic nitrogens is 3. The highest BCUT2D eigenvalue weighted by molar-refractivity contribution is 5.79. The van der Waals surface area contributed by atoms with E-state index in [9.17, 15) is 4.79 Å². The molecule has 2 aromatic heterocycles. The molecule has 5 rings (SSSR count). The largest absolute Gasteiger partial charge is 0.480 e. The van der Waals surface area contributed by atoms with Crippen molar-refractivity contribution in [1.82, 2.24) is 25.2 Å². The Labute approximate surface area is 199 Å². The first-order chi connectivity index (χ1) is 16.7. The van der Waals surface area contributed by atoms with Gasteiger partial charge in [-0.15, -0.1) is 0 Å². The summed E-state index contributed by atoms with van der Waals surface area (Å²) < 4.78 is 5.23. The standard InChI is InChI=1S/C26H28N6O2/c1-3-32-11-9-19(15-32)17-4-6-20(7-5-17)29-26-25-18(8-10-28-23(25)16-33)12-21(31-26)22-13-27-14-24(30-22)34-2/h4-8,10,12-14,16,19,23,28H,3,9,11,15H2,1-2H3,(H,29,31). The number of fused-ring (bicyclic) bond motifs is 1. The number of pyridine rings is 1. The van der Waals surface area contributed by atoms with Crippen molar-refractivity contribution in [1.29, 1.82) is 0 Å². The Balaban J connectivity index is 1.48. The number of aldehydes is 1. The number of methoxy groups -OCH3 is 1. The van der Waals surface area contributed by atoms with E-state index in [0.29, 0.717) is 29.0 Å². The minimum atomic E-state index is -0.488. The van der Waals surface area contributed by atoms with Crippen molar-refractivity contribution in [2.45, 2.75) is 25.3 Å². The fraction of sp³-hybridized carbons (Fsp3) is 0.308. The van der Waals surface area contributed by atoms with Crippen LogP contribution in [0.25, 0.3) is 17.5 Å². The van der Waals surface area contributed by atoms with Crippen LogP contribution in [0, 0.1) is 0 Å². The molecule has 1 aromatic carbocycles. The predicted molar refractivity (Wildman–Crippen MR) is 132 cm³/mol. The second kappa shape index (κ2) is 9.61. The first-order valence-electron chi connectivity index (χ1n) is 11.6. The molecule has 3 aromatic rings. The third-order valence-corrected chi connectivity index (χ3v) is 6.52. The molecule has 1 saturated heterocycles. The van der Waals surface area contributed by atoms with Crippen LogP contribution in [-0.4, -0.2) is 52.9 Å². The van der Waals surface area contributed by atoms with E-state index in [-0.39, 0.29) is 0 Å². The lowest BCUT2D eigenvalue weighted by atomic mass is 9.97. The zero-order valence-corrected chi connectivity index (χ0v) is 19.4. The predicted octanol–water partition coefficient (Wildman–Crippen LogP) is 3.91. The summed E-state index contributed by atoms with van der Waals surface area (Å²) in [6.07, 6.45) is 9.00. The third kappa shape index (κ3) is 4.36. The zero-order valence-electron chi connectivity index (χ0n) is 19.4. The minimum absolute atomic E-state index is 0.415. The molecule has 174 valence electrons. The molecule has 0 aliphatic carbocycles. The number of nitrogens with one attached hydrogen (secondary N) is 2. The summed E-state index contributed by atoms with van der Waals surface area (Å²) >= 11 is 0. The highest BCUT2D eigenvalue weighted by atomic mass is 16.5. The lowest BCUT2D eigenvalue weighted by Gasteiger charge is -2.23. The van der Waals surface area contributed by atoms with Crippen LogP contribution in [0.2, 0.25) is 0 Å². The molecule has 4 heterocycles. The van der Waals surface area contributed by atoms with Crippen molar-refractivity contribution < 1.29 is 9.53 Å². The molecule has 34 heavy (non-hydrogen) atoms. The van der Waals surface area contributed by atoms with Crippen molar-refractivity contribution in [2.24, 2.45) is 0 Å². The van der Waals surface area contributed by atoms with Crippen LogP contribution in [0.15, 0.2) is 48.9 Å². The maximum Gasteiger partial charge on any atom is 0.232 e. The van der Waals surface area contributed by atoms with Gasteiger partial charge in [0.25, 0.3) is 0 Å². The van der Waals surface area contributed by atoms with E-state index >= 15 is 0 Å². The molecule has 0 radical (unpaired) electrons. The Morgan fingerprint density at radius 1 is 1.21 bits per heavy atom. The molecule has 2 aliphatic rings. The summed E-state index contributed by atoms with van der Waals surface area (Å²) in [6, 6.07) is 9.96.